The number of nitrogens with zero attached hydrogens (tertiary/aromatic N) is 2. The highest BCUT2D eigenvalue weighted by molar-refractivity contribution is 7.15. The number of hydrogen-bond donors (Lipinski definition) is 1. The van der Waals surface area contributed by atoms with Crippen LogP contribution in [0.25, 0.3) is 0 Å². The van der Waals surface area contributed by atoms with Gasteiger partial charge in [-0.05, 0) is 12.3 Å². The molecular formula is C14H21N3OS. The zero-order chi connectivity index (χ0) is 14.0. The minimum Gasteiger partial charge on any atom is -0.445 e. The molecule has 5 heteroatoms. The van der Waals surface area contributed by atoms with Crippen LogP contribution in [-0.4, -0.2) is 9.97 Å². The Bertz CT molecular complexity index is 532. The Kier molecular flexibility index (Phi) is 4.24. The summed E-state index contributed by atoms with van der Waals surface area (Å²) in [6.07, 6.45) is 4.74. The minimum absolute atomic E-state index is 0.333. The molecule has 0 saturated heterocycles. The molecule has 19 heavy (non-hydrogen) atoms. The first kappa shape index (κ1) is 14.1. The smallest absolute Gasteiger partial charge is 0.196 e. The normalized spacial score (nSPS) is 14.8. The Morgan fingerprint density at radius 1 is 1.16 bits per heavy atom. The van der Waals surface area contributed by atoms with Crippen LogP contribution < -0.4 is 5.73 Å². The van der Waals surface area contributed by atoms with Crippen LogP contribution in [0.4, 0.5) is 5.13 Å². The van der Waals surface area contributed by atoms with Gasteiger partial charge < -0.3 is 10.2 Å². The minimum atomic E-state index is 0.333. The zero-order valence-electron chi connectivity index (χ0n) is 11.9. The van der Waals surface area contributed by atoms with E-state index in [9.17, 15) is 0 Å². The number of hydrogen-bond acceptors (Lipinski definition) is 5. The lowest BCUT2D eigenvalue weighted by atomic mass is 9.95. The van der Waals surface area contributed by atoms with Crippen molar-refractivity contribution < 1.29 is 4.42 Å². The van der Waals surface area contributed by atoms with Gasteiger partial charge in [0.25, 0.3) is 0 Å². The first-order valence-corrected chi connectivity index (χ1v) is 7.45. The van der Waals surface area contributed by atoms with Crippen LogP contribution in [0.5, 0.6) is 0 Å². The fraction of sp³-hybridized carbons (Fsp3) is 0.571. The molecule has 2 unspecified atom stereocenters. The van der Waals surface area contributed by atoms with E-state index in [2.05, 4.69) is 37.7 Å². The van der Waals surface area contributed by atoms with Crippen molar-refractivity contribution in [3.63, 3.8) is 0 Å². The molecule has 0 aromatic carbocycles. The molecule has 0 fully saturated rings. The molecule has 2 aromatic heterocycles. The molecule has 0 spiro atoms. The third-order valence-electron chi connectivity index (χ3n) is 3.26. The molecule has 0 saturated carbocycles. The maximum Gasteiger partial charge on any atom is 0.196 e. The monoisotopic (exact) mass is 279 g/mol. The van der Waals surface area contributed by atoms with Gasteiger partial charge in [-0.3, -0.25) is 0 Å². The molecule has 0 aliphatic carbocycles. The molecule has 0 amide bonds. The second-order valence-corrected chi connectivity index (χ2v) is 6.49. The van der Waals surface area contributed by atoms with Crippen LogP contribution in [0.3, 0.4) is 0 Å². The van der Waals surface area contributed by atoms with Crippen molar-refractivity contribution in [2.45, 2.75) is 51.9 Å². The number of rotatable bonds is 5. The second-order valence-electron chi connectivity index (χ2n) is 5.39. The molecule has 4 nitrogen and oxygen atoms in total. The van der Waals surface area contributed by atoms with E-state index < -0.39 is 0 Å². The topological polar surface area (TPSA) is 64.9 Å². The predicted molar refractivity (Wildman–Crippen MR) is 78.6 cm³/mol. The van der Waals surface area contributed by atoms with Crippen LogP contribution >= 0.6 is 11.3 Å². The highest BCUT2D eigenvalue weighted by Crippen LogP contribution is 2.33. The molecular weight excluding hydrogens is 258 g/mol. The summed E-state index contributed by atoms with van der Waals surface area (Å²) in [5.41, 5.74) is 5.67. The van der Waals surface area contributed by atoms with Gasteiger partial charge in [-0.2, -0.15) is 0 Å². The van der Waals surface area contributed by atoms with Crippen molar-refractivity contribution in [3.8, 4) is 0 Å². The van der Waals surface area contributed by atoms with Crippen LogP contribution in [-0.2, 0) is 0 Å². The highest BCUT2D eigenvalue weighted by Gasteiger charge is 2.18. The highest BCUT2D eigenvalue weighted by atomic mass is 32.1. The van der Waals surface area contributed by atoms with E-state index in [1.807, 2.05) is 12.4 Å². The second kappa shape index (κ2) is 5.74. The van der Waals surface area contributed by atoms with E-state index in [-0.39, 0.29) is 0 Å². The molecule has 2 heterocycles. The maximum absolute atomic E-state index is 5.80. The van der Waals surface area contributed by atoms with Crippen molar-refractivity contribution in [3.05, 3.63) is 28.9 Å². The van der Waals surface area contributed by atoms with E-state index in [1.165, 1.54) is 4.88 Å². The number of anilines is 1. The van der Waals surface area contributed by atoms with Crippen molar-refractivity contribution in [1.82, 2.24) is 9.97 Å². The number of nitrogens with two attached hydrogens (primary N) is 1. The fourth-order valence-electron chi connectivity index (χ4n) is 2.09. The predicted octanol–water partition coefficient (Wildman–Crippen LogP) is 4.13. The van der Waals surface area contributed by atoms with Crippen LogP contribution in [0.1, 0.15) is 68.4 Å². The van der Waals surface area contributed by atoms with Gasteiger partial charge in [-0.15, -0.1) is 11.3 Å². The average molecular weight is 279 g/mol. The quantitative estimate of drug-likeness (QED) is 0.893. The van der Waals surface area contributed by atoms with Crippen molar-refractivity contribution in [2.75, 3.05) is 5.73 Å². The maximum atomic E-state index is 5.80. The lowest BCUT2D eigenvalue weighted by Crippen LogP contribution is -1.98. The van der Waals surface area contributed by atoms with E-state index in [4.69, 9.17) is 10.2 Å². The fourth-order valence-corrected chi connectivity index (χ4v) is 2.84. The van der Waals surface area contributed by atoms with Gasteiger partial charge in [0.2, 0.25) is 0 Å². The van der Waals surface area contributed by atoms with Gasteiger partial charge in [0.05, 0.1) is 6.20 Å². The lowest BCUT2D eigenvalue weighted by molar-refractivity contribution is 0.401. The van der Waals surface area contributed by atoms with E-state index >= 15 is 0 Å². The van der Waals surface area contributed by atoms with Crippen LogP contribution in [0.2, 0.25) is 0 Å². The summed E-state index contributed by atoms with van der Waals surface area (Å²) in [6.45, 7) is 8.54. The molecule has 0 aliphatic rings. The van der Waals surface area contributed by atoms with E-state index in [1.54, 1.807) is 11.3 Å². The van der Waals surface area contributed by atoms with Crippen LogP contribution in [0, 0.1) is 0 Å². The Morgan fingerprint density at radius 3 is 2.42 bits per heavy atom. The summed E-state index contributed by atoms with van der Waals surface area (Å²) in [5.74, 6) is 2.89. The first-order valence-electron chi connectivity index (χ1n) is 6.64. The summed E-state index contributed by atoms with van der Waals surface area (Å²) >= 11 is 1.56. The van der Waals surface area contributed by atoms with Gasteiger partial charge in [0, 0.05) is 22.9 Å². The molecule has 2 N–H and O–H groups in total. The van der Waals surface area contributed by atoms with Crippen molar-refractivity contribution in [2.24, 2.45) is 0 Å². The summed E-state index contributed by atoms with van der Waals surface area (Å²) in [6, 6.07) is 0. The number of aromatic nitrogens is 2. The lowest BCUT2D eigenvalue weighted by Gasteiger charge is -2.13. The van der Waals surface area contributed by atoms with Gasteiger partial charge in [-0.25, -0.2) is 9.97 Å². The zero-order valence-corrected chi connectivity index (χ0v) is 12.7. The Hall–Kier alpha value is -1.36. The molecule has 2 aromatic rings. The van der Waals surface area contributed by atoms with Gasteiger partial charge in [0.15, 0.2) is 11.0 Å². The summed E-state index contributed by atoms with van der Waals surface area (Å²) < 4.78 is 5.80. The summed E-state index contributed by atoms with van der Waals surface area (Å²) in [4.78, 5) is 9.66. The molecule has 2 rings (SSSR count). The Morgan fingerprint density at radius 2 is 1.89 bits per heavy atom. The standard InChI is InChI=1S/C14H21N3OS/c1-8(2)13-16-6-11(18-13)9(3)5-10(4)12-7-17-14(15)19-12/h6-10H,5H2,1-4H3,(H2,15,17). The largest absolute Gasteiger partial charge is 0.445 e. The van der Waals surface area contributed by atoms with Crippen molar-refractivity contribution >= 4 is 16.5 Å². The summed E-state index contributed by atoms with van der Waals surface area (Å²) in [7, 11) is 0. The van der Waals surface area contributed by atoms with Gasteiger partial charge in [-0.1, -0.05) is 27.7 Å². The van der Waals surface area contributed by atoms with E-state index in [0.29, 0.717) is 22.9 Å². The van der Waals surface area contributed by atoms with E-state index in [0.717, 1.165) is 18.1 Å². The third kappa shape index (κ3) is 3.35. The van der Waals surface area contributed by atoms with Crippen molar-refractivity contribution in [1.29, 1.82) is 0 Å². The SMILES string of the molecule is CC(C)c1ncc(C(C)CC(C)c2cnc(N)s2)o1. The van der Waals surface area contributed by atoms with Gasteiger partial charge >= 0.3 is 0 Å². The van der Waals surface area contributed by atoms with Crippen LogP contribution in [0.15, 0.2) is 16.8 Å². The third-order valence-corrected chi connectivity index (χ3v) is 4.31. The molecule has 104 valence electrons. The molecule has 0 bridgehead atoms. The number of nitrogen functional groups attached to an aromatic ring is 1. The molecule has 2 atom stereocenters. The molecule has 0 radical (unpaired) electrons. The molecule has 0 aliphatic heterocycles. The Balaban J connectivity index is 2.01. The average Bonchev–Trinajstić information content (AvgIpc) is 2.96. The van der Waals surface area contributed by atoms with Gasteiger partial charge in [0.1, 0.15) is 5.76 Å². The Labute approximate surface area is 118 Å². The number of thiazole rings is 1. The number of oxazole rings is 1. The summed E-state index contributed by atoms with van der Waals surface area (Å²) in [5, 5.41) is 0.635. The first-order chi connectivity index (χ1) is 8.97.